The first-order valence-corrected chi connectivity index (χ1v) is 6.49. The number of esters is 1. The van der Waals surface area contributed by atoms with Gasteiger partial charge in [-0.2, -0.15) is 0 Å². The van der Waals surface area contributed by atoms with Gasteiger partial charge in [-0.1, -0.05) is 0 Å². The molecule has 1 aromatic carbocycles. The highest BCUT2D eigenvalue weighted by atomic mass is 16.5. The first kappa shape index (κ1) is 12.7. The quantitative estimate of drug-likeness (QED) is 0.785. The van der Waals surface area contributed by atoms with Crippen molar-refractivity contribution in [3.8, 4) is 0 Å². The van der Waals surface area contributed by atoms with Crippen molar-refractivity contribution in [3.05, 3.63) is 41.5 Å². The molecule has 6 heteroatoms. The Bertz CT molecular complexity index is 650. The van der Waals surface area contributed by atoms with Crippen LogP contribution in [0.15, 0.2) is 24.5 Å². The molecule has 0 spiro atoms. The number of rotatable bonds is 3. The van der Waals surface area contributed by atoms with Crippen LogP contribution >= 0.6 is 0 Å². The van der Waals surface area contributed by atoms with Crippen molar-refractivity contribution in [1.82, 2.24) is 14.8 Å². The lowest BCUT2D eigenvalue weighted by Crippen LogP contribution is -2.12. The highest BCUT2D eigenvalue weighted by molar-refractivity contribution is 5.90. The van der Waals surface area contributed by atoms with Crippen LogP contribution in [0.25, 0.3) is 0 Å². The summed E-state index contributed by atoms with van der Waals surface area (Å²) >= 11 is 0. The highest BCUT2D eigenvalue weighted by Gasteiger charge is 2.18. The van der Waals surface area contributed by atoms with Crippen LogP contribution in [0.3, 0.4) is 0 Å². The molecule has 0 bridgehead atoms. The van der Waals surface area contributed by atoms with Crippen molar-refractivity contribution in [2.24, 2.45) is 7.05 Å². The first-order valence-electron chi connectivity index (χ1n) is 6.49. The maximum absolute atomic E-state index is 12.0. The number of aryl methyl sites for hydroxylation is 1. The summed E-state index contributed by atoms with van der Waals surface area (Å²) in [5.74, 6) is 0.296. The maximum atomic E-state index is 12.0. The maximum Gasteiger partial charge on any atom is 0.338 e. The van der Waals surface area contributed by atoms with Gasteiger partial charge in [0, 0.05) is 26.3 Å². The van der Waals surface area contributed by atoms with Gasteiger partial charge < -0.3 is 14.2 Å². The molecular weight excluding hydrogens is 256 g/mol. The number of likely N-dealkylation sites (N-methyl/N-ethyl adjacent to an activating group) is 1. The molecule has 0 amide bonds. The molecule has 1 aromatic heterocycles. The fraction of sp³-hybridized carbons (Fsp3) is 0.357. The number of aromatic nitrogens is 3. The Morgan fingerprint density at radius 1 is 1.40 bits per heavy atom. The van der Waals surface area contributed by atoms with E-state index >= 15 is 0 Å². The van der Waals surface area contributed by atoms with Crippen LogP contribution in [0.2, 0.25) is 0 Å². The van der Waals surface area contributed by atoms with Gasteiger partial charge in [0.25, 0.3) is 0 Å². The van der Waals surface area contributed by atoms with Crippen LogP contribution in [0.1, 0.15) is 21.7 Å². The number of anilines is 1. The van der Waals surface area contributed by atoms with E-state index in [-0.39, 0.29) is 12.6 Å². The van der Waals surface area contributed by atoms with E-state index in [1.807, 2.05) is 19.2 Å². The van der Waals surface area contributed by atoms with Gasteiger partial charge in [-0.25, -0.2) is 4.79 Å². The summed E-state index contributed by atoms with van der Waals surface area (Å²) in [5, 5.41) is 7.62. The molecule has 0 aliphatic carbocycles. The number of nitrogens with zero attached hydrogens (tertiary/aromatic N) is 4. The monoisotopic (exact) mass is 272 g/mol. The highest BCUT2D eigenvalue weighted by Crippen LogP contribution is 2.27. The third-order valence-electron chi connectivity index (χ3n) is 3.58. The van der Waals surface area contributed by atoms with E-state index in [1.165, 1.54) is 11.3 Å². The number of carbonyl (C=O) groups is 1. The number of hydrogen-bond acceptors (Lipinski definition) is 5. The minimum Gasteiger partial charge on any atom is -0.454 e. The largest absolute Gasteiger partial charge is 0.454 e. The Balaban J connectivity index is 1.70. The van der Waals surface area contributed by atoms with Gasteiger partial charge in [0.2, 0.25) is 0 Å². The normalized spacial score (nSPS) is 13.4. The van der Waals surface area contributed by atoms with Crippen LogP contribution in [-0.2, 0) is 24.8 Å². The Hall–Kier alpha value is -2.37. The molecule has 0 unspecified atom stereocenters. The lowest BCUT2D eigenvalue weighted by atomic mass is 10.1. The molecule has 1 aliphatic heterocycles. The molecule has 0 fully saturated rings. The zero-order valence-corrected chi connectivity index (χ0v) is 11.5. The topological polar surface area (TPSA) is 60.3 Å². The van der Waals surface area contributed by atoms with Gasteiger partial charge in [-0.15, -0.1) is 10.2 Å². The molecule has 2 heterocycles. The van der Waals surface area contributed by atoms with Crippen molar-refractivity contribution in [3.63, 3.8) is 0 Å². The molecule has 104 valence electrons. The van der Waals surface area contributed by atoms with E-state index in [0.29, 0.717) is 11.4 Å². The Labute approximate surface area is 117 Å². The second-order valence-corrected chi connectivity index (χ2v) is 4.95. The number of fused-ring (bicyclic) bond motifs is 1. The summed E-state index contributed by atoms with van der Waals surface area (Å²) < 4.78 is 6.99. The molecule has 3 rings (SSSR count). The standard InChI is InChI=1S/C14H16N4O2/c1-17-6-5-10-7-11(3-4-12(10)17)14(19)20-8-13-16-15-9-18(13)2/h3-4,7,9H,5-6,8H2,1-2H3. The lowest BCUT2D eigenvalue weighted by Gasteiger charge is -2.12. The number of carbonyl (C=O) groups excluding carboxylic acids is 1. The molecule has 0 radical (unpaired) electrons. The minimum atomic E-state index is -0.328. The van der Waals surface area contributed by atoms with Crippen molar-refractivity contribution < 1.29 is 9.53 Å². The average Bonchev–Trinajstić information content (AvgIpc) is 3.02. The van der Waals surface area contributed by atoms with Gasteiger partial charge in [-0.05, 0) is 30.2 Å². The van der Waals surface area contributed by atoms with Crippen molar-refractivity contribution in [2.75, 3.05) is 18.5 Å². The molecule has 2 aromatic rings. The second-order valence-electron chi connectivity index (χ2n) is 4.95. The number of hydrogen-bond donors (Lipinski definition) is 0. The van der Waals surface area contributed by atoms with Crippen molar-refractivity contribution >= 4 is 11.7 Å². The number of benzene rings is 1. The Kier molecular flexibility index (Phi) is 3.14. The van der Waals surface area contributed by atoms with E-state index in [2.05, 4.69) is 22.1 Å². The SMILES string of the molecule is CN1CCc2cc(C(=O)OCc3nncn3C)ccc21. The van der Waals surface area contributed by atoms with E-state index in [9.17, 15) is 4.79 Å². The predicted molar refractivity (Wildman–Crippen MR) is 73.5 cm³/mol. The molecule has 6 nitrogen and oxygen atoms in total. The molecule has 0 saturated carbocycles. The Morgan fingerprint density at radius 3 is 3.00 bits per heavy atom. The molecule has 0 atom stereocenters. The summed E-state index contributed by atoms with van der Waals surface area (Å²) in [6.45, 7) is 1.12. The van der Waals surface area contributed by atoms with E-state index in [4.69, 9.17) is 4.74 Å². The van der Waals surface area contributed by atoms with Crippen LogP contribution in [0, 0.1) is 0 Å². The summed E-state index contributed by atoms with van der Waals surface area (Å²) in [5.41, 5.74) is 2.97. The van der Waals surface area contributed by atoms with Gasteiger partial charge >= 0.3 is 5.97 Å². The van der Waals surface area contributed by atoms with E-state index in [0.717, 1.165) is 13.0 Å². The van der Waals surface area contributed by atoms with Gasteiger partial charge in [0.15, 0.2) is 12.4 Å². The van der Waals surface area contributed by atoms with E-state index in [1.54, 1.807) is 17.0 Å². The number of ether oxygens (including phenoxy) is 1. The van der Waals surface area contributed by atoms with Crippen molar-refractivity contribution in [2.45, 2.75) is 13.0 Å². The second kappa shape index (κ2) is 4.96. The summed E-state index contributed by atoms with van der Waals surface area (Å²) in [6.07, 6.45) is 2.55. The van der Waals surface area contributed by atoms with E-state index < -0.39 is 0 Å². The Morgan fingerprint density at radius 2 is 2.25 bits per heavy atom. The molecular formula is C14H16N4O2. The van der Waals surface area contributed by atoms with Gasteiger partial charge in [-0.3, -0.25) is 0 Å². The third kappa shape index (κ3) is 2.24. The molecule has 0 N–H and O–H groups in total. The third-order valence-corrected chi connectivity index (χ3v) is 3.58. The van der Waals surface area contributed by atoms with Crippen LogP contribution in [0.4, 0.5) is 5.69 Å². The molecule has 1 aliphatic rings. The van der Waals surface area contributed by atoms with Crippen LogP contribution in [0.5, 0.6) is 0 Å². The smallest absolute Gasteiger partial charge is 0.338 e. The van der Waals surface area contributed by atoms with Crippen LogP contribution < -0.4 is 4.90 Å². The zero-order chi connectivity index (χ0) is 14.1. The van der Waals surface area contributed by atoms with Crippen LogP contribution in [-0.4, -0.2) is 34.3 Å². The fourth-order valence-corrected chi connectivity index (χ4v) is 2.34. The lowest BCUT2D eigenvalue weighted by molar-refractivity contribution is 0.0458. The summed E-state index contributed by atoms with van der Waals surface area (Å²) in [6, 6.07) is 5.69. The molecule has 20 heavy (non-hydrogen) atoms. The van der Waals surface area contributed by atoms with Gasteiger partial charge in [0.05, 0.1) is 5.56 Å². The minimum absolute atomic E-state index is 0.131. The summed E-state index contributed by atoms with van der Waals surface area (Å²) in [7, 11) is 3.87. The first-order chi connectivity index (χ1) is 9.65. The average molecular weight is 272 g/mol. The van der Waals surface area contributed by atoms with Gasteiger partial charge in [0.1, 0.15) is 6.33 Å². The molecule has 0 saturated heterocycles. The predicted octanol–water partition coefficient (Wildman–Crippen LogP) is 1.16. The zero-order valence-electron chi connectivity index (χ0n) is 11.5. The summed E-state index contributed by atoms with van der Waals surface area (Å²) in [4.78, 5) is 14.2. The fourth-order valence-electron chi connectivity index (χ4n) is 2.34. The van der Waals surface area contributed by atoms with Crippen molar-refractivity contribution in [1.29, 1.82) is 0 Å².